The summed E-state index contributed by atoms with van der Waals surface area (Å²) in [4.78, 5) is 24.2. The van der Waals surface area contributed by atoms with Crippen LogP contribution in [0.5, 0.6) is 0 Å². The molecule has 1 aliphatic rings. The molecule has 6 heteroatoms. The van der Waals surface area contributed by atoms with Gasteiger partial charge in [-0.15, -0.1) is 0 Å². The van der Waals surface area contributed by atoms with Crippen molar-refractivity contribution in [3.8, 4) is 11.1 Å². The molecular formula is C20H23N3O3. The van der Waals surface area contributed by atoms with E-state index in [1.54, 1.807) is 0 Å². The van der Waals surface area contributed by atoms with Crippen molar-refractivity contribution in [3.63, 3.8) is 0 Å². The average molecular weight is 353 g/mol. The molecule has 0 heterocycles. The summed E-state index contributed by atoms with van der Waals surface area (Å²) in [6, 6.07) is 15.5. The van der Waals surface area contributed by atoms with E-state index in [-0.39, 0.29) is 5.92 Å². The highest BCUT2D eigenvalue weighted by Gasteiger charge is 2.30. The minimum absolute atomic E-state index is 0.00307. The number of hydrogen-bond donors (Lipinski definition) is 3. The summed E-state index contributed by atoms with van der Waals surface area (Å²) in [6.45, 7) is 0.687. The maximum Gasteiger partial charge on any atom is 0.407 e. The highest BCUT2D eigenvalue weighted by Crippen LogP contribution is 2.44. The fraction of sp³-hybridized carbons (Fsp3) is 0.300. The molecule has 2 aromatic carbocycles. The summed E-state index contributed by atoms with van der Waals surface area (Å²) in [7, 11) is 0. The van der Waals surface area contributed by atoms with Crippen LogP contribution in [0.15, 0.2) is 48.5 Å². The average Bonchev–Trinajstić information content (AvgIpc) is 2.94. The molecule has 1 atom stereocenters. The Balaban J connectivity index is 1.77. The Morgan fingerprint density at radius 2 is 1.58 bits per heavy atom. The number of rotatable bonds is 7. The minimum Gasteiger partial charge on any atom is -0.465 e. The molecule has 2 aromatic rings. The quantitative estimate of drug-likeness (QED) is 0.710. The molecule has 0 spiro atoms. The second-order valence-electron chi connectivity index (χ2n) is 6.61. The number of carboxylic acid groups (broad SMARTS) is 1. The second-order valence-corrected chi connectivity index (χ2v) is 6.61. The summed E-state index contributed by atoms with van der Waals surface area (Å²) in [5, 5.41) is 9.61. The zero-order valence-electron chi connectivity index (χ0n) is 14.5. The molecule has 5 N–H and O–H groups in total. The van der Waals surface area contributed by atoms with Gasteiger partial charge < -0.3 is 21.5 Å². The van der Waals surface area contributed by atoms with Gasteiger partial charge in [0, 0.05) is 19.0 Å². The molecule has 0 aliphatic heterocycles. The van der Waals surface area contributed by atoms with E-state index in [0.717, 1.165) is 22.3 Å². The molecular weight excluding hydrogens is 330 g/mol. The zero-order chi connectivity index (χ0) is 18.7. The van der Waals surface area contributed by atoms with E-state index in [1.165, 1.54) is 4.90 Å². The Morgan fingerprint density at radius 3 is 2.08 bits per heavy atom. The number of benzene rings is 2. The van der Waals surface area contributed by atoms with Crippen LogP contribution in [0.1, 0.15) is 29.9 Å². The van der Waals surface area contributed by atoms with Crippen molar-refractivity contribution in [3.05, 3.63) is 59.7 Å². The van der Waals surface area contributed by atoms with Crippen LogP contribution in [-0.2, 0) is 4.79 Å². The van der Waals surface area contributed by atoms with Crippen molar-refractivity contribution < 1.29 is 14.7 Å². The number of fused-ring (bicyclic) bond motifs is 3. The summed E-state index contributed by atoms with van der Waals surface area (Å²) in [5.74, 6) is -0.561. The maximum absolute atomic E-state index is 11.7. The van der Waals surface area contributed by atoms with Gasteiger partial charge in [0.2, 0.25) is 5.91 Å². The normalized spacial score (nSPS) is 13.7. The first kappa shape index (κ1) is 17.9. The molecule has 2 amide bonds. The van der Waals surface area contributed by atoms with Crippen LogP contribution in [0.4, 0.5) is 4.79 Å². The largest absolute Gasteiger partial charge is 0.465 e. The summed E-state index contributed by atoms with van der Waals surface area (Å²) in [6.07, 6.45) is -0.108. The van der Waals surface area contributed by atoms with Gasteiger partial charge in [0.1, 0.15) is 0 Å². The number of hydrogen-bond acceptors (Lipinski definition) is 3. The first-order valence-corrected chi connectivity index (χ1v) is 8.70. The van der Waals surface area contributed by atoms with Crippen molar-refractivity contribution in [2.24, 2.45) is 11.5 Å². The van der Waals surface area contributed by atoms with Crippen molar-refractivity contribution in [1.82, 2.24) is 4.90 Å². The number of carbonyl (C=O) groups excluding carboxylic acids is 1. The summed E-state index contributed by atoms with van der Waals surface area (Å²) >= 11 is 0. The Bertz CT molecular complexity index is 776. The predicted molar refractivity (Wildman–Crippen MR) is 99.7 cm³/mol. The molecule has 0 aromatic heterocycles. The van der Waals surface area contributed by atoms with Gasteiger partial charge >= 0.3 is 6.09 Å². The number of primary amides is 1. The van der Waals surface area contributed by atoms with E-state index in [9.17, 15) is 14.7 Å². The highest BCUT2D eigenvalue weighted by molar-refractivity contribution is 5.80. The molecule has 1 aliphatic carbocycles. The summed E-state index contributed by atoms with van der Waals surface area (Å²) < 4.78 is 0. The fourth-order valence-electron chi connectivity index (χ4n) is 3.59. The van der Waals surface area contributed by atoms with Crippen molar-refractivity contribution >= 4 is 12.0 Å². The third kappa shape index (κ3) is 3.55. The Hall–Kier alpha value is -2.86. The van der Waals surface area contributed by atoms with E-state index >= 15 is 0 Å². The van der Waals surface area contributed by atoms with Gasteiger partial charge in [-0.1, -0.05) is 48.5 Å². The van der Waals surface area contributed by atoms with Gasteiger partial charge in [0.15, 0.2) is 0 Å². The lowest BCUT2D eigenvalue weighted by atomic mass is 9.96. The van der Waals surface area contributed by atoms with Crippen LogP contribution in [-0.4, -0.2) is 41.1 Å². The van der Waals surface area contributed by atoms with E-state index in [0.29, 0.717) is 25.9 Å². The molecule has 0 fully saturated rings. The highest BCUT2D eigenvalue weighted by atomic mass is 16.4. The molecule has 0 saturated heterocycles. The topological polar surface area (TPSA) is 110 Å². The van der Waals surface area contributed by atoms with E-state index in [2.05, 4.69) is 24.3 Å². The van der Waals surface area contributed by atoms with Crippen molar-refractivity contribution in [2.75, 3.05) is 13.1 Å². The lowest BCUT2D eigenvalue weighted by Gasteiger charge is -2.24. The Labute approximate surface area is 152 Å². The molecule has 0 saturated carbocycles. The summed E-state index contributed by atoms with van der Waals surface area (Å²) in [5.41, 5.74) is 15.4. The first-order valence-electron chi connectivity index (χ1n) is 8.70. The van der Waals surface area contributed by atoms with Crippen molar-refractivity contribution in [1.29, 1.82) is 0 Å². The predicted octanol–water partition coefficient (Wildman–Crippen LogP) is 2.37. The van der Waals surface area contributed by atoms with Crippen molar-refractivity contribution in [2.45, 2.75) is 24.8 Å². The number of nitrogens with two attached hydrogens (primary N) is 2. The lowest BCUT2D eigenvalue weighted by Crippen LogP contribution is -2.38. The van der Waals surface area contributed by atoms with Gasteiger partial charge in [-0.05, 0) is 35.1 Å². The fourth-order valence-corrected chi connectivity index (χ4v) is 3.59. The molecule has 0 unspecified atom stereocenters. The maximum atomic E-state index is 11.7. The van der Waals surface area contributed by atoms with E-state index in [1.807, 2.05) is 24.3 Å². The Morgan fingerprint density at radius 1 is 1.04 bits per heavy atom. The van der Waals surface area contributed by atoms with Gasteiger partial charge in [-0.3, -0.25) is 4.79 Å². The monoisotopic (exact) mass is 353 g/mol. The SMILES string of the molecule is NC(=O)[C@@H](N)CCCN(CC1c2ccccc2-c2ccccc21)C(=O)O. The van der Waals surface area contributed by atoms with E-state index in [4.69, 9.17) is 11.5 Å². The van der Waals surface area contributed by atoms with Crippen LogP contribution in [0, 0.1) is 0 Å². The molecule has 26 heavy (non-hydrogen) atoms. The Kier molecular flexibility index (Phi) is 5.23. The van der Waals surface area contributed by atoms with Crippen LogP contribution < -0.4 is 11.5 Å². The molecule has 0 radical (unpaired) electrons. The standard InChI is InChI=1S/C20H23N3O3/c21-18(19(22)24)10-5-11-23(20(25)26)12-17-15-8-3-1-6-13(15)14-7-2-4-9-16(14)17/h1-4,6-9,17-18H,5,10-12,21H2,(H2,22,24)(H,25,26)/t18-/m0/s1. The number of carbonyl (C=O) groups is 2. The third-order valence-electron chi connectivity index (χ3n) is 4.94. The van der Waals surface area contributed by atoms with Gasteiger partial charge in [0.05, 0.1) is 6.04 Å². The molecule has 3 rings (SSSR count). The number of nitrogens with zero attached hydrogens (tertiary/aromatic N) is 1. The smallest absolute Gasteiger partial charge is 0.407 e. The third-order valence-corrected chi connectivity index (χ3v) is 4.94. The molecule has 6 nitrogen and oxygen atoms in total. The van der Waals surface area contributed by atoms with Crippen LogP contribution in [0.2, 0.25) is 0 Å². The minimum atomic E-state index is -0.973. The van der Waals surface area contributed by atoms with Gasteiger partial charge in [-0.25, -0.2) is 4.79 Å². The van der Waals surface area contributed by atoms with Gasteiger partial charge in [0.25, 0.3) is 0 Å². The molecule has 0 bridgehead atoms. The zero-order valence-corrected chi connectivity index (χ0v) is 14.5. The van der Waals surface area contributed by atoms with Crippen LogP contribution >= 0.6 is 0 Å². The lowest BCUT2D eigenvalue weighted by molar-refractivity contribution is -0.119. The second kappa shape index (κ2) is 7.58. The van der Waals surface area contributed by atoms with Crippen LogP contribution in [0.3, 0.4) is 0 Å². The van der Waals surface area contributed by atoms with Gasteiger partial charge in [-0.2, -0.15) is 0 Å². The number of amides is 2. The first-order chi connectivity index (χ1) is 12.5. The molecule has 136 valence electrons. The van der Waals surface area contributed by atoms with E-state index < -0.39 is 18.0 Å². The van der Waals surface area contributed by atoms with Crippen LogP contribution in [0.25, 0.3) is 11.1 Å².